The van der Waals surface area contributed by atoms with Gasteiger partial charge in [0, 0.05) is 0 Å². The highest BCUT2D eigenvalue weighted by Gasteiger charge is 2.11. The summed E-state index contributed by atoms with van der Waals surface area (Å²) in [7, 11) is 0. The largest absolute Gasteiger partial charge is 0.339 e. The molecule has 3 heterocycles. The molecule has 7 heteroatoms. The van der Waals surface area contributed by atoms with E-state index >= 15 is 0 Å². The number of H-pyrrole nitrogens is 1. The Kier molecular flexibility index (Phi) is 2.22. The normalized spacial score (nSPS) is 10.8. The minimum atomic E-state index is 0.433. The molecule has 3 aromatic rings. The summed E-state index contributed by atoms with van der Waals surface area (Å²) in [6.45, 7) is 0. The van der Waals surface area contributed by atoms with E-state index < -0.39 is 0 Å². The van der Waals surface area contributed by atoms with Crippen molar-refractivity contribution in [2.24, 2.45) is 0 Å². The monoisotopic (exact) mass is 233 g/mol. The maximum atomic E-state index is 5.12. The number of nitrogens with zero attached hydrogens (tertiary/aromatic N) is 4. The first-order chi connectivity index (χ1) is 7.92. The van der Waals surface area contributed by atoms with Crippen LogP contribution in [0.4, 0.5) is 0 Å². The van der Waals surface area contributed by atoms with E-state index in [1.54, 1.807) is 11.3 Å². The lowest BCUT2D eigenvalue weighted by atomic mass is 10.2. The van der Waals surface area contributed by atoms with Crippen LogP contribution in [0.1, 0.15) is 11.5 Å². The molecule has 0 aliphatic rings. The van der Waals surface area contributed by atoms with Crippen LogP contribution in [0, 0.1) is 0 Å². The van der Waals surface area contributed by atoms with Gasteiger partial charge in [0.1, 0.15) is 6.33 Å². The number of aromatic amines is 1. The molecule has 0 saturated carbocycles. The van der Waals surface area contributed by atoms with Gasteiger partial charge in [0.15, 0.2) is 5.82 Å². The van der Waals surface area contributed by atoms with Gasteiger partial charge < -0.3 is 4.52 Å². The summed E-state index contributed by atoms with van der Waals surface area (Å²) in [6.07, 6.45) is 2.05. The van der Waals surface area contributed by atoms with E-state index in [4.69, 9.17) is 4.52 Å². The standard InChI is InChI=1S/C9H7N5OS/c1-2-16-4-6(1)3-7-12-9(14-15-7)8-10-5-11-13-8/h1-2,4-5H,3H2,(H,10,11,13). The molecule has 3 rings (SSSR count). The van der Waals surface area contributed by atoms with Crippen molar-refractivity contribution in [2.75, 3.05) is 0 Å². The molecule has 80 valence electrons. The van der Waals surface area contributed by atoms with Gasteiger partial charge in [-0.05, 0) is 22.4 Å². The van der Waals surface area contributed by atoms with Gasteiger partial charge in [-0.3, -0.25) is 5.10 Å². The lowest BCUT2D eigenvalue weighted by molar-refractivity contribution is 0.385. The Labute approximate surface area is 94.4 Å². The second-order valence-corrected chi connectivity index (χ2v) is 3.93. The molecule has 3 aromatic heterocycles. The van der Waals surface area contributed by atoms with Crippen LogP contribution in [0.3, 0.4) is 0 Å². The van der Waals surface area contributed by atoms with Crippen LogP contribution in [0.2, 0.25) is 0 Å². The van der Waals surface area contributed by atoms with Gasteiger partial charge in [-0.1, -0.05) is 5.16 Å². The van der Waals surface area contributed by atoms with Crippen LogP contribution in [-0.4, -0.2) is 25.3 Å². The SMILES string of the molecule is c1n[nH]c(-c2noc(Cc3ccsc3)n2)n1. The Morgan fingerprint density at radius 3 is 3.19 bits per heavy atom. The van der Waals surface area contributed by atoms with Gasteiger partial charge in [0.25, 0.3) is 0 Å². The van der Waals surface area contributed by atoms with Crippen LogP contribution in [-0.2, 0) is 6.42 Å². The first-order valence-electron chi connectivity index (χ1n) is 4.61. The molecule has 0 atom stereocenters. The fraction of sp³-hybridized carbons (Fsp3) is 0.111. The van der Waals surface area contributed by atoms with Crippen molar-refractivity contribution in [3.05, 3.63) is 34.6 Å². The molecule has 0 aliphatic carbocycles. The van der Waals surface area contributed by atoms with E-state index in [-0.39, 0.29) is 0 Å². The summed E-state index contributed by atoms with van der Waals surface area (Å²) in [5, 5.41) is 14.3. The first-order valence-corrected chi connectivity index (χ1v) is 5.55. The zero-order chi connectivity index (χ0) is 10.8. The van der Waals surface area contributed by atoms with Crippen molar-refractivity contribution in [3.8, 4) is 11.6 Å². The average molecular weight is 233 g/mol. The minimum absolute atomic E-state index is 0.433. The van der Waals surface area contributed by atoms with Crippen molar-refractivity contribution < 1.29 is 4.52 Å². The molecule has 0 spiro atoms. The second kappa shape index (κ2) is 3.86. The maximum absolute atomic E-state index is 5.12. The summed E-state index contributed by atoms with van der Waals surface area (Å²) >= 11 is 1.65. The van der Waals surface area contributed by atoms with E-state index in [1.807, 2.05) is 11.4 Å². The van der Waals surface area contributed by atoms with Crippen molar-refractivity contribution in [2.45, 2.75) is 6.42 Å². The minimum Gasteiger partial charge on any atom is -0.339 e. The van der Waals surface area contributed by atoms with Crippen molar-refractivity contribution in [1.29, 1.82) is 0 Å². The molecule has 1 N–H and O–H groups in total. The summed E-state index contributed by atoms with van der Waals surface area (Å²) in [6, 6.07) is 2.03. The Hall–Kier alpha value is -2.02. The van der Waals surface area contributed by atoms with Crippen LogP contribution in [0.25, 0.3) is 11.6 Å². The molecule has 6 nitrogen and oxygen atoms in total. The molecule has 0 saturated heterocycles. The fourth-order valence-electron chi connectivity index (χ4n) is 1.30. The van der Waals surface area contributed by atoms with Gasteiger partial charge in [0.2, 0.25) is 11.7 Å². The molecule has 0 bridgehead atoms. The zero-order valence-corrected chi connectivity index (χ0v) is 8.94. The third-order valence-corrected chi connectivity index (χ3v) is 2.76. The first kappa shape index (κ1) is 9.22. The Balaban J connectivity index is 1.83. The van der Waals surface area contributed by atoms with Crippen LogP contribution in [0.5, 0.6) is 0 Å². The van der Waals surface area contributed by atoms with Gasteiger partial charge >= 0.3 is 0 Å². The smallest absolute Gasteiger partial charge is 0.239 e. The van der Waals surface area contributed by atoms with Crippen LogP contribution < -0.4 is 0 Å². The molecular formula is C9H7N5OS. The lowest BCUT2D eigenvalue weighted by Gasteiger charge is -1.87. The molecule has 0 radical (unpaired) electrons. The summed E-state index contributed by atoms with van der Waals surface area (Å²) in [4.78, 5) is 8.17. The predicted octanol–water partition coefficient (Wildman–Crippen LogP) is 1.51. The third kappa shape index (κ3) is 1.72. The van der Waals surface area contributed by atoms with Crippen molar-refractivity contribution >= 4 is 11.3 Å². The second-order valence-electron chi connectivity index (χ2n) is 3.15. The number of hydrogen-bond donors (Lipinski definition) is 1. The third-order valence-electron chi connectivity index (χ3n) is 2.03. The topological polar surface area (TPSA) is 80.5 Å². The van der Waals surface area contributed by atoms with E-state index in [9.17, 15) is 0 Å². The van der Waals surface area contributed by atoms with E-state index in [0.29, 0.717) is 24.0 Å². The molecule has 0 aliphatic heterocycles. The predicted molar refractivity (Wildman–Crippen MR) is 56.8 cm³/mol. The van der Waals surface area contributed by atoms with Gasteiger partial charge in [-0.15, -0.1) is 0 Å². The number of rotatable bonds is 3. The molecule has 0 aromatic carbocycles. The number of aromatic nitrogens is 5. The Bertz CT molecular complexity index is 557. The van der Waals surface area contributed by atoms with E-state index in [1.165, 1.54) is 6.33 Å². The van der Waals surface area contributed by atoms with Crippen LogP contribution >= 0.6 is 11.3 Å². The quantitative estimate of drug-likeness (QED) is 0.741. The van der Waals surface area contributed by atoms with Gasteiger partial charge in [-0.25, -0.2) is 4.98 Å². The fourth-order valence-corrected chi connectivity index (χ4v) is 1.97. The van der Waals surface area contributed by atoms with Gasteiger partial charge in [0.05, 0.1) is 6.42 Å². The summed E-state index contributed by atoms with van der Waals surface area (Å²) < 4.78 is 5.12. The van der Waals surface area contributed by atoms with E-state index in [0.717, 1.165) is 5.56 Å². The Morgan fingerprint density at radius 2 is 2.44 bits per heavy atom. The molecule has 0 amide bonds. The van der Waals surface area contributed by atoms with Gasteiger partial charge in [-0.2, -0.15) is 21.4 Å². The highest BCUT2D eigenvalue weighted by atomic mass is 32.1. The highest BCUT2D eigenvalue weighted by Crippen LogP contribution is 2.14. The Morgan fingerprint density at radius 1 is 1.44 bits per heavy atom. The number of hydrogen-bond acceptors (Lipinski definition) is 6. The number of nitrogens with one attached hydrogen (secondary N) is 1. The average Bonchev–Trinajstić information content (AvgIpc) is 2.99. The molecule has 16 heavy (non-hydrogen) atoms. The summed E-state index contributed by atoms with van der Waals surface area (Å²) in [5.41, 5.74) is 1.16. The highest BCUT2D eigenvalue weighted by molar-refractivity contribution is 7.07. The molecule has 0 fully saturated rings. The maximum Gasteiger partial charge on any atom is 0.239 e. The van der Waals surface area contributed by atoms with Crippen molar-refractivity contribution in [3.63, 3.8) is 0 Å². The van der Waals surface area contributed by atoms with E-state index in [2.05, 4.69) is 30.7 Å². The zero-order valence-electron chi connectivity index (χ0n) is 8.12. The van der Waals surface area contributed by atoms with Crippen molar-refractivity contribution in [1.82, 2.24) is 25.3 Å². The van der Waals surface area contributed by atoms with Crippen LogP contribution in [0.15, 0.2) is 27.7 Å². The number of thiophene rings is 1. The molecule has 0 unspecified atom stereocenters. The molecular weight excluding hydrogens is 226 g/mol. The summed E-state index contributed by atoms with van der Waals surface area (Å²) in [5.74, 6) is 1.52. The lowest BCUT2D eigenvalue weighted by Crippen LogP contribution is -1.87.